The van der Waals surface area contributed by atoms with E-state index in [2.05, 4.69) is 17.4 Å². The highest BCUT2D eigenvalue weighted by molar-refractivity contribution is 6.17. The van der Waals surface area contributed by atoms with Gasteiger partial charge in [0.25, 0.3) is 0 Å². The highest BCUT2D eigenvalue weighted by Crippen LogP contribution is 2.26. The first-order valence-corrected chi connectivity index (χ1v) is 6.83. The summed E-state index contributed by atoms with van der Waals surface area (Å²) in [7, 11) is 0. The van der Waals surface area contributed by atoms with Crippen molar-refractivity contribution in [2.45, 2.75) is 12.8 Å². The predicted molar refractivity (Wildman–Crippen MR) is 71.9 cm³/mol. The van der Waals surface area contributed by atoms with Gasteiger partial charge in [0, 0.05) is 18.3 Å². The third-order valence-corrected chi connectivity index (χ3v) is 3.34. The topological polar surface area (TPSA) is 38.3 Å². The van der Waals surface area contributed by atoms with Gasteiger partial charge in [-0.2, -0.15) is 0 Å². The number of hydrogen-bond donors (Lipinski definition) is 1. The summed E-state index contributed by atoms with van der Waals surface area (Å²) in [6.45, 7) is 1.62. The fourth-order valence-corrected chi connectivity index (χ4v) is 2.40. The van der Waals surface area contributed by atoms with Crippen LogP contribution in [-0.4, -0.2) is 31.5 Å². The second-order valence-corrected chi connectivity index (χ2v) is 4.84. The Hall–Kier alpha value is -1.06. The molecule has 4 heteroatoms. The second kappa shape index (κ2) is 6.76. The molecule has 0 heterocycles. The average Bonchev–Trinajstić information content (AvgIpc) is 2.82. The summed E-state index contributed by atoms with van der Waals surface area (Å²) in [6, 6.07) is 8.26. The molecular formula is C14H18ClNO2. The van der Waals surface area contributed by atoms with Crippen molar-refractivity contribution in [3.8, 4) is 0 Å². The van der Waals surface area contributed by atoms with Crippen LogP contribution in [0.25, 0.3) is 0 Å². The van der Waals surface area contributed by atoms with Gasteiger partial charge in [-0.15, -0.1) is 11.6 Å². The van der Waals surface area contributed by atoms with E-state index in [0.717, 1.165) is 12.8 Å². The molecule has 1 aliphatic carbocycles. The van der Waals surface area contributed by atoms with Crippen molar-refractivity contribution in [3.63, 3.8) is 0 Å². The molecule has 0 fully saturated rings. The Balaban J connectivity index is 1.72. The third kappa shape index (κ3) is 3.47. The Morgan fingerprint density at radius 3 is 2.56 bits per heavy atom. The molecule has 18 heavy (non-hydrogen) atoms. The number of carbonyl (C=O) groups is 1. The average molecular weight is 268 g/mol. The standard InChI is InChI=1S/C14H18ClNO2/c15-5-7-18-8-6-16-14(17)13-9-11-3-1-2-4-12(11)10-13/h1-4,13H,5-10H2,(H,16,17). The zero-order valence-electron chi connectivity index (χ0n) is 10.3. The zero-order valence-corrected chi connectivity index (χ0v) is 11.1. The fraction of sp³-hybridized carbons (Fsp3) is 0.500. The van der Waals surface area contributed by atoms with Crippen LogP contribution in [0.4, 0.5) is 0 Å². The number of ether oxygens (including phenoxy) is 1. The predicted octanol–water partition coefficient (Wildman–Crippen LogP) is 1.77. The minimum atomic E-state index is 0.0791. The van der Waals surface area contributed by atoms with Gasteiger partial charge in [-0.25, -0.2) is 0 Å². The minimum absolute atomic E-state index is 0.0791. The Morgan fingerprint density at radius 2 is 1.94 bits per heavy atom. The monoisotopic (exact) mass is 267 g/mol. The van der Waals surface area contributed by atoms with Crippen LogP contribution >= 0.6 is 11.6 Å². The normalized spacial score (nSPS) is 14.5. The first-order chi connectivity index (χ1) is 8.81. The lowest BCUT2D eigenvalue weighted by Crippen LogP contribution is -2.33. The van der Waals surface area contributed by atoms with E-state index >= 15 is 0 Å². The second-order valence-electron chi connectivity index (χ2n) is 4.47. The van der Waals surface area contributed by atoms with Crippen molar-refractivity contribution in [2.75, 3.05) is 25.6 Å². The number of carbonyl (C=O) groups excluding carboxylic acids is 1. The molecule has 1 aromatic rings. The van der Waals surface area contributed by atoms with E-state index in [9.17, 15) is 4.79 Å². The molecule has 0 saturated heterocycles. The SMILES string of the molecule is O=C(NCCOCCCl)C1Cc2ccccc2C1. The van der Waals surface area contributed by atoms with Crippen molar-refractivity contribution in [1.82, 2.24) is 5.32 Å². The Bertz CT molecular complexity index is 384. The first-order valence-electron chi connectivity index (χ1n) is 6.29. The van der Waals surface area contributed by atoms with Gasteiger partial charge in [-0.1, -0.05) is 24.3 Å². The van der Waals surface area contributed by atoms with Crippen LogP contribution in [0.2, 0.25) is 0 Å². The Labute approximate surface area is 112 Å². The number of hydrogen-bond acceptors (Lipinski definition) is 2. The van der Waals surface area contributed by atoms with Crippen molar-refractivity contribution in [2.24, 2.45) is 5.92 Å². The molecule has 0 spiro atoms. The maximum atomic E-state index is 12.0. The number of fused-ring (bicyclic) bond motifs is 1. The molecule has 98 valence electrons. The fourth-order valence-electron chi connectivity index (χ4n) is 2.29. The number of rotatable bonds is 6. The molecule has 0 aliphatic heterocycles. The molecule has 1 amide bonds. The molecule has 0 saturated carbocycles. The molecule has 1 N–H and O–H groups in total. The van der Waals surface area contributed by atoms with Gasteiger partial charge in [0.15, 0.2) is 0 Å². The first kappa shape index (κ1) is 13.4. The molecule has 3 nitrogen and oxygen atoms in total. The maximum absolute atomic E-state index is 12.0. The summed E-state index contributed by atoms with van der Waals surface area (Å²) in [6.07, 6.45) is 1.70. The maximum Gasteiger partial charge on any atom is 0.223 e. The molecule has 1 aromatic carbocycles. The van der Waals surface area contributed by atoms with Crippen molar-refractivity contribution >= 4 is 17.5 Å². The van der Waals surface area contributed by atoms with E-state index in [4.69, 9.17) is 16.3 Å². The summed E-state index contributed by atoms with van der Waals surface area (Å²) in [4.78, 5) is 12.0. The van der Waals surface area contributed by atoms with E-state index in [1.807, 2.05) is 12.1 Å². The van der Waals surface area contributed by atoms with Gasteiger partial charge < -0.3 is 10.1 Å². The summed E-state index contributed by atoms with van der Waals surface area (Å²) < 4.78 is 5.21. The molecule has 2 rings (SSSR count). The Kier molecular flexibility index (Phi) is 5.02. The number of amides is 1. The lowest BCUT2D eigenvalue weighted by Gasteiger charge is -2.10. The quantitative estimate of drug-likeness (QED) is 0.630. The molecule has 0 atom stereocenters. The summed E-state index contributed by atoms with van der Waals surface area (Å²) in [5.41, 5.74) is 2.60. The zero-order chi connectivity index (χ0) is 12.8. The number of alkyl halides is 1. The summed E-state index contributed by atoms with van der Waals surface area (Å²) in [5, 5.41) is 2.91. The Morgan fingerprint density at radius 1 is 1.28 bits per heavy atom. The van der Waals surface area contributed by atoms with E-state index in [-0.39, 0.29) is 11.8 Å². The lowest BCUT2D eigenvalue weighted by molar-refractivity contribution is -0.124. The van der Waals surface area contributed by atoms with Crippen LogP contribution in [0.1, 0.15) is 11.1 Å². The number of nitrogens with one attached hydrogen (secondary N) is 1. The van der Waals surface area contributed by atoms with E-state index < -0.39 is 0 Å². The third-order valence-electron chi connectivity index (χ3n) is 3.19. The van der Waals surface area contributed by atoms with Gasteiger partial charge in [0.2, 0.25) is 5.91 Å². The molecular weight excluding hydrogens is 250 g/mol. The molecule has 0 aromatic heterocycles. The van der Waals surface area contributed by atoms with Gasteiger partial charge >= 0.3 is 0 Å². The van der Waals surface area contributed by atoms with Gasteiger partial charge in [-0.05, 0) is 24.0 Å². The lowest BCUT2D eigenvalue weighted by atomic mass is 10.1. The summed E-state index contributed by atoms with van der Waals surface area (Å²) in [5.74, 6) is 0.697. The van der Waals surface area contributed by atoms with Crippen LogP contribution in [0, 0.1) is 5.92 Å². The smallest absolute Gasteiger partial charge is 0.223 e. The van der Waals surface area contributed by atoms with Crippen molar-refractivity contribution in [1.29, 1.82) is 0 Å². The van der Waals surface area contributed by atoms with Gasteiger partial charge in [0.05, 0.1) is 13.2 Å². The van der Waals surface area contributed by atoms with Crippen molar-refractivity contribution in [3.05, 3.63) is 35.4 Å². The van der Waals surface area contributed by atoms with Crippen LogP contribution in [-0.2, 0) is 22.4 Å². The van der Waals surface area contributed by atoms with Crippen LogP contribution in [0.5, 0.6) is 0 Å². The van der Waals surface area contributed by atoms with Gasteiger partial charge in [-0.3, -0.25) is 4.79 Å². The van der Waals surface area contributed by atoms with Crippen LogP contribution in [0.15, 0.2) is 24.3 Å². The molecule has 1 aliphatic rings. The highest BCUT2D eigenvalue weighted by Gasteiger charge is 2.26. The molecule has 0 unspecified atom stereocenters. The van der Waals surface area contributed by atoms with E-state index in [1.165, 1.54) is 11.1 Å². The minimum Gasteiger partial charge on any atom is -0.378 e. The van der Waals surface area contributed by atoms with Crippen LogP contribution < -0.4 is 5.32 Å². The molecule has 0 bridgehead atoms. The highest BCUT2D eigenvalue weighted by atomic mass is 35.5. The summed E-state index contributed by atoms with van der Waals surface area (Å²) >= 11 is 5.49. The van der Waals surface area contributed by atoms with Gasteiger partial charge in [0.1, 0.15) is 0 Å². The number of halogens is 1. The van der Waals surface area contributed by atoms with Crippen LogP contribution in [0.3, 0.4) is 0 Å². The van der Waals surface area contributed by atoms with E-state index in [0.29, 0.717) is 25.6 Å². The van der Waals surface area contributed by atoms with E-state index in [1.54, 1.807) is 0 Å². The molecule has 0 radical (unpaired) electrons. The number of benzene rings is 1. The van der Waals surface area contributed by atoms with Crippen molar-refractivity contribution < 1.29 is 9.53 Å². The largest absolute Gasteiger partial charge is 0.378 e.